The summed E-state index contributed by atoms with van der Waals surface area (Å²) >= 11 is 13.9. The summed E-state index contributed by atoms with van der Waals surface area (Å²) in [6.45, 7) is 2.53. The van der Waals surface area contributed by atoms with Crippen molar-refractivity contribution >= 4 is 62.1 Å². The fraction of sp³-hybridized carbons (Fsp3) is 0.238. The van der Waals surface area contributed by atoms with Crippen LogP contribution in [0.25, 0.3) is 10.1 Å². The highest BCUT2D eigenvalue weighted by Gasteiger charge is 2.23. The van der Waals surface area contributed by atoms with Gasteiger partial charge in [0.05, 0.1) is 22.3 Å². The van der Waals surface area contributed by atoms with Gasteiger partial charge in [0.2, 0.25) is 5.91 Å². The summed E-state index contributed by atoms with van der Waals surface area (Å²) < 4.78 is 0.949. The molecule has 2 amide bonds. The minimum absolute atomic E-state index is 0.0461. The predicted octanol–water partition coefficient (Wildman–Crippen LogP) is 4.29. The first-order valence-corrected chi connectivity index (χ1v) is 10.8. The lowest BCUT2D eigenvalue weighted by molar-refractivity contribution is -0.130. The first-order valence-electron chi connectivity index (χ1n) is 9.27. The van der Waals surface area contributed by atoms with E-state index in [0.717, 1.165) is 15.8 Å². The van der Waals surface area contributed by atoms with Gasteiger partial charge in [-0.05, 0) is 18.2 Å². The second-order valence-electron chi connectivity index (χ2n) is 6.74. The number of rotatable bonds is 4. The average molecular weight is 448 g/mol. The molecule has 1 fully saturated rings. The number of amides is 2. The van der Waals surface area contributed by atoms with Gasteiger partial charge in [-0.2, -0.15) is 0 Å². The van der Waals surface area contributed by atoms with Crippen molar-refractivity contribution in [2.75, 3.05) is 37.6 Å². The molecule has 1 aliphatic heterocycles. The molecule has 1 aromatic heterocycles. The Morgan fingerprint density at radius 1 is 0.966 bits per heavy atom. The molecule has 8 heteroatoms. The summed E-state index contributed by atoms with van der Waals surface area (Å²) in [6.07, 6.45) is 0. The molecule has 4 rings (SSSR count). The van der Waals surface area contributed by atoms with Crippen molar-refractivity contribution in [3.8, 4) is 0 Å². The van der Waals surface area contributed by atoms with Crippen LogP contribution >= 0.6 is 34.5 Å². The van der Waals surface area contributed by atoms with Crippen LogP contribution in [0, 0.1) is 0 Å². The van der Waals surface area contributed by atoms with Gasteiger partial charge in [-0.3, -0.25) is 9.59 Å². The number of nitrogens with zero attached hydrogens (tertiary/aromatic N) is 2. The normalized spacial score (nSPS) is 14.3. The van der Waals surface area contributed by atoms with E-state index in [4.69, 9.17) is 23.2 Å². The molecule has 1 saturated heterocycles. The Morgan fingerprint density at radius 2 is 1.66 bits per heavy atom. The summed E-state index contributed by atoms with van der Waals surface area (Å²) in [6, 6.07) is 15.3. The number of nitrogens with one attached hydrogen (secondary N) is 1. The zero-order chi connectivity index (χ0) is 20.4. The number of thiophene rings is 1. The quantitative estimate of drug-likeness (QED) is 0.648. The van der Waals surface area contributed by atoms with Crippen LogP contribution in [-0.2, 0) is 4.79 Å². The first-order chi connectivity index (χ1) is 14.0. The smallest absolute Gasteiger partial charge is 0.263 e. The standard InChI is InChI=1S/C21H19Cl2N3O2S/c22-15-6-2-3-7-16(15)25-9-11-26(12-10-25)18(27)13-24-21(28)20-19(23)14-5-1-4-8-17(14)29-20/h1-8H,9-13H2,(H,24,28). The van der Waals surface area contributed by atoms with E-state index in [0.29, 0.717) is 41.1 Å². The lowest BCUT2D eigenvalue weighted by Crippen LogP contribution is -2.51. The number of piperazine rings is 1. The molecule has 0 saturated carbocycles. The predicted molar refractivity (Wildman–Crippen MR) is 119 cm³/mol. The molecular weight excluding hydrogens is 429 g/mol. The van der Waals surface area contributed by atoms with E-state index < -0.39 is 0 Å². The number of hydrogen-bond donors (Lipinski definition) is 1. The number of anilines is 1. The molecule has 3 aromatic rings. The Bertz CT molecular complexity index is 1060. The molecule has 1 aliphatic rings. The number of fused-ring (bicyclic) bond motifs is 1. The Labute approximate surface area is 182 Å². The van der Waals surface area contributed by atoms with Crippen LogP contribution in [-0.4, -0.2) is 49.4 Å². The molecule has 0 radical (unpaired) electrons. The summed E-state index contributed by atoms with van der Waals surface area (Å²) in [5.74, 6) is -0.423. The van der Waals surface area contributed by atoms with Gasteiger partial charge in [0, 0.05) is 36.3 Å². The fourth-order valence-corrected chi connectivity index (χ4v) is 5.10. The average Bonchev–Trinajstić information content (AvgIpc) is 3.09. The number of benzene rings is 2. The second kappa shape index (κ2) is 8.61. The van der Waals surface area contributed by atoms with Gasteiger partial charge in [0.1, 0.15) is 4.88 Å². The van der Waals surface area contributed by atoms with Crippen molar-refractivity contribution in [1.82, 2.24) is 10.2 Å². The molecule has 29 heavy (non-hydrogen) atoms. The first kappa shape index (κ1) is 20.0. The number of hydrogen-bond acceptors (Lipinski definition) is 4. The lowest BCUT2D eigenvalue weighted by atomic mass is 10.2. The van der Waals surface area contributed by atoms with Crippen LogP contribution in [0.15, 0.2) is 48.5 Å². The van der Waals surface area contributed by atoms with Crippen LogP contribution in [0.2, 0.25) is 10.0 Å². The van der Waals surface area contributed by atoms with Crippen molar-refractivity contribution < 1.29 is 9.59 Å². The van der Waals surface area contributed by atoms with E-state index >= 15 is 0 Å². The number of carbonyl (C=O) groups excluding carboxylic acids is 2. The summed E-state index contributed by atoms with van der Waals surface area (Å²) in [5, 5.41) is 4.71. The highest BCUT2D eigenvalue weighted by molar-refractivity contribution is 7.21. The third kappa shape index (κ3) is 4.20. The number of para-hydroxylation sites is 1. The zero-order valence-corrected chi connectivity index (χ0v) is 17.9. The van der Waals surface area contributed by atoms with Crippen LogP contribution in [0.5, 0.6) is 0 Å². The van der Waals surface area contributed by atoms with Gasteiger partial charge in [-0.1, -0.05) is 53.5 Å². The molecule has 0 unspecified atom stereocenters. The molecule has 0 aliphatic carbocycles. The van der Waals surface area contributed by atoms with Crippen molar-refractivity contribution in [2.24, 2.45) is 0 Å². The zero-order valence-electron chi connectivity index (χ0n) is 15.5. The number of halogens is 2. The lowest BCUT2D eigenvalue weighted by Gasteiger charge is -2.36. The third-order valence-corrected chi connectivity index (χ3v) is 6.96. The van der Waals surface area contributed by atoms with E-state index in [1.807, 2.05) is 48.5 Å². The summed E-state index contributed by atoms with van der Waals surface area (Å²) in [7, 11) is 0. The topological polar surface area (TPSA) is 52.7 Å². The maximum absolute atomic E-state index is 12.5. The van der Waals surface area contributed by atoms with Crippen molar-refractivity contribution in [2.45, 2.75) is 0 Å². The maximum atomic E-state index is 12.5. The largest absolute Gasteiger partial charge is 0.367 e. The Hall–Kier alpha value is -2.28. The summed E-state index contributed by atoms with van der Waals surface area (Å²) in [4.78, 5) is 29.4. The highest BCUT2D eigenvalue weighted by atomic mass is 35.5. The Balaban J connectivity index is 1.32. The van der Waals surface area contributed by atoms with E-state index in [1.54, 1.807) is 4.90 Å². The Morgan fingerprint density at radius 3 is 2.38 bits per heavy atom. The second-order valence-corrected chi connectivity index (χ2v) is 8.58. The molecule has 150 valence electrons. The molecule has 2 heterocycles. The van der Waals surface area contributed by atoms with E-state index in [1.165, 1.54) is 11.3 Å². The molecule has 2 aromatic carbocycles. The monoisotopic (exact) mass is 447 g/mol. The maximum Gasteiger partial charge on any atom is 0.263 e. The molecular formula is C21H19Cl2N3O2S. The van der Waals surface area contributed by atoms with Crippen LogP contribution in [0.3, 0.4) is 0 Å². The Kier molecular flexibility index (Phi) is 5.94. The fourth-order valence-electron chi connectivity index (χ4n) is 3.41. The van der Waals surface area contributed by atoms with Gasteiger partial charge in [0.25, 0.3) is 5.91 Å². The minimum atomic E-state index is -0.320. The highest BCUT2D eigenvalue weighted by Crippen LogP contribution is 2.35. The van der Waals surface area contributed by atoms with Crippen molar-refractivity contribution in [1.29, 1.82) is 0 Å². The SMILES string of the molecule is O=C(NCC(=O)N1CCN(c2ccccc2Cl)CC1)c1sc2ccccc2c1Cl. The van der Waals surface area contributed by atoms with E-state index in [-0.39, 0.29) is 18.4 Å². The molecule has 1 N–H and O–H groups in total. The van der Waals surface area contributed by atoms with E-state index in [9.17, 15) is 9.59 Å². The third-order valence-electron chi connectivity index (χ3n) is 4.97. The van der Waals surface area contributed by atoms with Crippen LogP contribution in [0.4, 0.5) is 5.69 Å². The summed E-state index contributed by atoms with van der Waals surface area (Å²) in [5.41, 5.74) is 0.981. The minimum Gasteiger partial charge on any atom is -0.367 e. The van der Waals surface area contributed by atoms with Crippen LogP contribution < -0.4 is 10.2 Å². The van der Waals surface area contributed by atoms with Crippen LogP contribution in [0.1, 0.15) is 9.67 Å². The van der Waals surface area contributed by atoms with Gasteiger partial charge >= 0.3 is 0 Å². The van der Waals surface area contributed by atoms with Gasteiger partial charge in [-0.15, -0.1) is 11.3 Å². The molecule has 5 nitrogen and oxygen atoms in total. The van der Waals surface area contributed by atoms with Gasteiger partial charge in [-0.25, -0.2) is 0 Å². The molecule has 0 spiro atoms. The number of carbonyl (C=O) groups is 2. The molecule has 0 bridgehead atoms. The van der Waals surface area contributed by atoms with Crippen molar-refractivity contribution in [3.05, 3.63) is 63.5 Å². The van der Waals surface area contributed by atoms with Crippen molar-refractivity contribution in [3.63, 3.8) is 0 Å². The van der Waals surface area contributed by atoms with Gasteiger partial charge in [0.15, 0.2) is 0 Å². The van der Waals surface area contributed by atoms with Gasteiger partial charge < -0.3 is 15.1 Å². The van der Waals surface area contributed by atoms with E-state index in [2.05, 4.69) is 10.2 Å². The molecule has 0 atom stereocenters.